The Labute approximate surface area is 143 Å². The summed E-state index contributed by atoms with van der Waals surface area (Å²) < 4.78 is 12.7. The van der Waals surface area contributed by atoms with Gasteiger partial charge in [0.1, 0.15) is 11.5 Å². The molecule has 1 N–H and O–H groups in total. The third kappa shape index (κ3) is 3.72. The van der Waals surface area contributed by atoms with E-state index in [2.05, 4.69) is 43.6 Å². The van der Waals surface area contributed by atoms with Crippen molar-refractivity contribution in [2.24, 2.45) is 0 Å². The molecule has 0 radical (unpaired) electrons. The zero-order valence-corrected chi connectivity index (χ0v) is 15.3. The van der Waals surface area contributed by atoms with E-state index in [-0.39, 0.29) is 5.91 Å². The number of nitrogens with one attached hydrogen (secondary N) is 1. The highest BCUT2D eigenvalue weighted by Gasteiger charge is 2.14. The van der Waals surface area contributed by atoms with Crippen LogP contribution in [-0.4, -0.2) is 24.7 Å². The number of aryl methyl sites for hydroxylation is 1. The molecule has 0 bridgehead atoms. The normalized spacial score (nSPS) is 10.8. The molecular formula is C19H26N2O3. The molecule has 5 nitrogen and oxygen atoms in total. The zero-order valence-electron chi connectivity index (χ0n) is 15.3. The number of carbonyl (C=O) groups is 1. The van der Waals surface area contributed by atoms with Crippen molar-refractivity contribution < 1.29 is 14.3 Å². The lowest BCUT2D eigenvalue weighted by molar-refractivity contribution is 0.0950. The van der Waals surface area contributed by atoms with Gasteiger partial charge < -0.3 is 19.4 Å². The fraction of sp³-hybridized carbons (Fsp3) is 0.421. The summed E-state index contributed by atoms with van der Waals surface area (Å²) in [7, 11) is 3.13. The van der Waals surface area contributed by atoms with Crippen LogP contribution in [0, 0.1) is 13.8 Å². The summed E-state index contributed by atoms with van der Waals surface area (Å²) in [5, 5.41) is 2.97. The topological polar surface area (TPSA) is 52.5 Å². The van der Waals surface area contributed by atoms with Crippen LogP contribution < -0.4 is 14.8 Å². The fourth-order valence-corrected chi connectivity index (χ4v) is 3.03. The van der Waals surface area contributed by atoms with Crippen molar-refractivity contribution in [3.63, 3.8) is 0 Å². The number of ether oxygens (including phenoxy) is 2. The lowest BCUT2D eigenvalue weighted by Gasteiger charge is -2.14. The van der Waals surface area contributed by atoms with Crippen LogP contribution in [0.2, 0.25) is 0 Å². The number of hydrogen-bond acceptors (Lipinski definition) is 3. The molecule has 0 saturated carbocycles. The van der Waals surface area contributed by atoms with E-state index in [0.717, 1.165) is 5.56 Å². The summed E-state index contributed by atoms with van der Waals surface area (Å²) in [5.74, 6) is 1.04. The Kier molecular flexibility index (Phi) is 5.54. The molecule has 0 aliphatic heterocycles. The number of amides is 1. The molecule has 5 heteroatoms. The van der Waals surface area contributed by atoms with Gasteiger partial charge in [-0.2, -0.15) is 0 Å². The summed E-state index contributed by atoms with van der Waals surface area (Å²) in [6.07, 6.45) is 0. The molecule has 24 heavy (non-hydrogen) atoms. The van der Waals surface area contributed by atoms with Gasteiger partial charge in [0.2, 0.25) is 0 Å². The maximum Gasteiger partial charge on any atom is 0.251 e. The van der Waals surface area contributed by atoms with Gasteiger partial charge in [-0.05, 0) is 51.5 Å². The highest BCUT2D eigenvalue weighted by atomic mass is 16.5. The van der Waals surface area contributed by atoms with Crippen molar-refractivity contribution in [2.45, 2.75) is 40.3 Å². The van der Waals surface area contributed by atoms with E-state index in [0.29, 0.717) is 29.6 Å². The number of aromatic nitrogens is 1. The first kappa shape index (κ1) is 17.9. The SMILES string of the molecule is COc1cc(OC)cc(C(=O)NCc2cc(C)n(C(C)C)c2C)c1. The fourth-order valence-electron chi connectivity index (χ4n) is 3.03. The minimum absolute atomic E-state index is 0.151. The minimum Gasteiger partial charge on any atom is -0.497 e. The van der Waals surface area contributed by atoms with Gasteiger partial charge >= 0.3 is 0 Å². The quantitative estimate of drug-likeness (QED) is 0.880. The van der Waals surface area contributed by atoms with Gasteiger partial charge in [0.25, 0.3) is 5.91 Å². The van der Waals surface area contributed by atoms with Gasteiger partial charge in [0.05, 0.1) is 14.2 Å². The second-order valence-corrected chi connectivity index (χ2v) is 6.14. The summed E-state index contributed by atoms with van der Waals surface area (Å²) in [5.41, 5.74) is 4.04. The molecule has 2 rings (SSSR count). The zero-order chi connectivity index (χ0) is 17.9. The predicted octanol–water partition coefficient (Wildman–Crippen LogP) is 3.63. The van der Waals surface area contributed by atoms with Crippen LogP contribution in [0.1, 0.15) is 47.2 Å². The standard InChI is InChI=1S/C19H26N2O3/c1-12(2)21-13(3)7-16(14(21)4)11-20-19(22)15-8-17(23-5)10-18(9-15)24-6/h7-10,12H,11H2,1-6H3,(H,20,22). The second-order valence-electron chi connectivity index (χ2n) is 6.14. The Hall–Kier alpha value is -2.43. The van der Waals surface area contributed by atoms with Crippen LogP contribution >= 0.6 is 0 Å². The van der Waals surface area contributed by atoms with Crippen molar-refractivity contribution in [3.8, 4) is 11.5 Å². The second kappa shape index (κ2) is 7.43. The summed E-state index contributed by atoms with van der Waals surface area (Å²) in [6, 6.07) is 7.68. The van der Waals surface area contributed by atoms with Crippen molar-refractivity contribution in [1.82, 2.24) is 9.88 Å². The lowest BCUT2D eigenvalue weighted by atomic mass is 10.1. The van der Waals surface area contributed by atoms with Crippen molar-refractivity contribution in [3.05, 3.63) is 46.8 Å². The van der Waals surface area contributed by atoms with Crippen molar-refractivity contribution in [2.75, 3.05) is 14.2 Å². The summed E-state index contributed by atoms with van der Waals surface area (Å²) in [4.78, 5) is 12.5. The van der Waals surface area contributed by atoms with Crippen LogP contribution in [0.15, 0.2) is 24.3 Å². The first-order chi connectivity index (χ1) is 11.4. The molecule has 0 spiro atoms. The molecule has 1 aromatic heterocycles. The maximum atomic E-state index is 12.5. The van der Waals surface area contributed by atoms with E-state index >= 15 is 0 Å². The number of carbonyl (C=O) groups excluding carboxylic acids is 1. The Morgan fingerprint density at radius 1 is 1.08 bits per heavy atom. The van der Waals surface area contributed by atoms with E-state index in [4.69, 9.17) is 9.47 Å². The molecule has 0 atom stereocenters. The molecule has 130 valence electrons. The molecule has 1 aromatic carbocycles. The Bertz CT molecular complexity index is 710. The van der Waals surface area contributed by atoms with E-state index in [1.54, 1.807) is 32.4 Å². The molecular weight excluding hydrogens is 304 g/mol. The molecule has 0 aliphatic rings. The van der Waals surface area contributed by atoms with E-state index in [1.807, 2.05) is 0 Å². The number of benzene rings is 1. The number of rotatable bonds is 6. The van der Waals surface area contributed by atoms with E-state index in [9.17, 15) is 4.79 Å². The molecule has 0 unspecified atom stereocenters. The van der Waals surface area contributed by atoms with Crippen molar-refractivity contribution >= 4 is 5.91 Å². The number of methoxy groups -OCH3 is 2. The van der Waals surface area contributed by atoms with Crippen LogP contribution in [0.25, 0.3) is 0 Å². The monoisotopic (exact) mass is 330 g/mol. The van der Waals surface area contributed by atoms with Gasteiger partial charge in [0, 0.05) is 35.6 Å². The first-order valence-electron chi connectivity index (χ1n) is 8.06. The average molecular weight is 330 g/mol. The smallest absolute Gasteiger partial charge is 0.251 e. The van der Waals surface area contributed by atoms with Crippen LogP contribution in [-0.2, 0) is 6.54 Å². The maximum absolute atomic E-state index is 12.5. The average Bonchev–Trinajstić information content (AvgIpc) is 2.85. The molecule has 1 heterocycles. The highest BCUT2D eigenvalue weighted by molar-refractivity contribution is 5.95. The van der Waals surface area contributed by atoms with Gasteiger partial charge in [-0.3, -0.25) is 4.79 Å². The minimum atomic E-state index is -0.151. The van der Waals surface area contributed by atoms with E-state index in [1.165, 1.54) is 11.4 Å². The highest BCUT2D eigenvalue weighted by Crippen LogP contribution is 2.23. The predicted molar refractivity (Wildman–Crippen MR) is 95.0 cm³/mol. The van der Waals surface area contributed by atoms with Gasteiger partial charge in [-0.1, -0.05) is 0 Å². The summed E-state index contributed by atoms with van der Waals surface area (Å²) >= 11 is 0. The van der Waals surface area contributed by atoms with Gasteiger partial charge in [0.15, 0.2) is 0 Å². The van der Waals surface area contributed by atoms with Crippen molar-refractivity contribution in [1.29, 1.82) is 0 Å². The van der Waals surface area contributed by atoms with E-state index < -0.39 is 0 Å². The lowest BCUT2D eigenvalue weighted by Crippen LogP contribution is -2.23. The third-order valence-electron chi connectivity index (χ3n) is 4.16. The van der Waals surface area contributed by atoms with Gasteiger partial charge in [-0.15, -0.1) is 0 Å². The van der Waals surface area contributed by atoms with Crippen LogP contribution in [0.4, 0.5) is 0 Å². The third-order valence-corrected chi connectivity index (χ3v) is 4.16. The Morgan fingerprint density at radius 3 is 2.12 bits per heavy atom. The summed E-state index contributed by atoms with van der Waals surface area (Å²) in [6.45, 7) is 8.98. The number of hydrogen-bond donors (Lipinski definition) is 1. The molecule has 1 amide bonds. The molecule has 2 aromatic rings. The Morgan fingerprint density at radius 2 is 1.67 bits per heavy atom. The number of nitrogens with zero attached hydrogens (tertiary/aromatic N) is 1. The first-order valence-corrected chi connectivity index (χ1v) is 8.06. The Balaban J connectivity index is 2.15. The largest absolute Gasteiger partial charge is 0.497 e. The van der Waals surface area contributed by atoms with Crippen LogP contribution in [0.5, 0.6) is 11.5 Å². The molecule has 0 saturated heterocycles. The van der Waals surface area contributed by atoms with Gasteiger partial charge in [-0.25, -0.2) is 0 Å². The van der Waals surface area contributed by atoms with Crippen LogP contribution in [0.3, 0.4) is 0 Å². The molecule has 0 fully saturated rings. The molecule has 0 aliphatic carbocycles.